The van der Waals surface area contributed by atoms with E-state index in [1.165, 1.54) is 0 Å². The number of rotatable bonds is 6. The molecule has 0 spiro atoms. The molecule has 0 unspecified atom stereocenters. The predicted molar refractivity (Wildman–Crippen MR) is 96.7 cm³/mol. The lowest BCUT2D eigenvalue weighted by atomic mass is 10.0. The summed E-state index contributed by atoms with van der Waals surface area (Å²) in [6, 6.07) is 9.04. The number of anilines is 1. The second-order valence-electron chi connectivity index (χ2n) is 5.95. The number of alkyl halides is 1. The molecule has 0 heterocycles. The highest BCUT2D eigenvalue weighted by molar-refractivity contribution is 7.92. The first-order valence-electron chi connectivity index (χ1n) is 8.13. The second-order valence-corrected chi connectivity index (χ2v) is 7.57. The molecule has 24 heavy (non-hydrogen) atoms. The molecule has 0 saturated heterocycles. The lowest BCUT2D eigenvalue weighted by molar-refractivity contribution is 0.483. The summed E-state index contributed by atoms with van der Waals surface area (Å²) in [5.74, 6) is 0. The summed E-state index contributed by atoms with van der Waals surface area (Å²) in [4.78, 5) is 0.345. The van der Waals surface area contributed by atoms with Gasteiger partial charge in [-0.1, -0.05) is 38.1 Å². The van der Waals surface area contributed by atoms with Crippen LogP contribution in [0.1, 0.15) is 41.7 Å². The van der Waals surface area contributed by atoms with E-state index in [-0.39, 0.29) is 0 Å². The maximum absolute atomic E-state index is 13.2. The van der Waals surface area contributed by atoms with E-state index in [0.717, 1.165) is 16.7 Å². The monoisotopic (exact) mass is 349 g/mol. The Kier molecular flexibility index (Phi) is 5.65. The molecule has 0 aromatic heterocycles. The first kappa shape index (κ1) is 18.5. The van der Waals surface area contributed by atoms with Gasteiger partial charge in [-0.2, -0.15) is 0 Å². The molecule has 3 nitrogen and oxygen atoms in total. The number of hydrogen-bond acceptors (Lipinski definition) is 2. The number of nitrogens with one attached hydrogen (secondary N) is 1. The fraction of sp³-hybridized carbons (Fsp3) is 0.368. The Morgan fingerprint density at radius 2 is 1.58 bits per heavy atom. The summed E-state index contributed by atoms with van der Waals surface area (Å²) in [5, 5.41) is 0. The second kappa shape index (κ2) is 7.34. The Bertz CT molecular complexity index is 822. The molecule has 5 heteroatoms. The minimum absolute atomic E-state index is 0.345. The van der Waals surface area contributed by atoms with Gasteiger partial charge in [0.25, 0.3) is 10.0 Å². The predicted octanol–water partition coefficient (Wildman–Crippen LogP) is 4.70. The van der Waals surface area contributed by atoms with Crippen molar-refractivity contribution in [1.82, 2.24) is 0 Å². The van der Waals surface area contributed by atoms with Gasteiger partial charge in [0.05, 0.1) is 10.6 Å². The molecule has 0 saturated carbocycles. The van der Waals surface area contributed by atoms with Crippen molar-refractivity contribution in [3.63, 3.8) is 0 Å². The molecule has 1 N–H and O–H groups in total. The van der Waals surface area contributed by atoms with Crippen molar-refractivity contribution in [2.75, 3.05) is 4.72 Å². The standard InChI is InChI=1S/C19H24FNO2S/c1-5-15-8-7-9-16(6-2)19(15)24(22,23)21-18-11-13(3)10-17(12-20)14(18)4/h7-11,21H,5-6,12H2,1-4H3. The van der Waals surface area contributed by atoms with E-state index < -0.39 is 16.7 Å². The molecule has 0 fully saturated rings. The summed E-state index contributed by atoms with van der Waals surface area (Å²) in [6.07, 6.45) is 1.26. The number of aryl methyl sites for hydroxylation is 3. The zero-order valence-corrected chi connectivity index (χ0v) is 15.4. The van der Waals surface area contributed by atoms with Crippen LogP contribution in [0.3, 0.4) is 0 Å². The van der Waals surface area contributed by atoms with Crippen molar-refractivity contribution in [2.45, 2.75) is 52.1 Å². The fourth-order valence-electron chi connectivity index (χ4n) is 2.91. The molecular formula is C19H24FNO2S. The van der Waals surface area contributed by atoms with Crippen molar-refractivity contribution in [1.29, 1.82) is 0 Å². The summed E-state index contributed by atoms with van der Waals surface area (Å²) < 4.78 is 41.9. The van der Waals surface area contributed by atoms with Crippen molar-refractivity contribution >= 4 is 15.7 Å². The van der Waals surface area contributed by atoms with Gasteiger partial charge in [0.15, 0.2) is 0 Å². The molecule has 0 radical (unpaired) electrons. The summed E-state index contributed by atoms with van der Waals surface area (Å²) >= 11 is 0. The smallest absolute Gasteiger partial charge is 0.262 e. The van der Waals surface area contributed by atoms with Gasteiger partial charge in [-0.25, -0.2) is 12.8 Å². The molecule has 2 aromatic rings. The number of sulfonamides is 1. The normalized spacial score (nSPS) is 11.5. The maximum atomic E-state index is 13.2. The van der Waals surface area contributed by atoms with Gasteiger partial charge < -0.3 is 0 Å². The van der Waals surface area contributed by atoms with Gasteiger partial charge in [-0.15, -0.1) is 0 Å². The molecule has 0 amide bonds. The van der Waals surface area contributed by atoms with Crippen molar-refractivity contribution in [2.24, 2.45) is 0 Å². The zero-order valence-electron chi connectivity index (χ0n) is 14.6. The summed E-state index contributed by atoms with van der Waals surface area (Å²) in [7, 11) is -3.74. The van der Waals surface area contributed by atoms with E-state index in [4.69, 9.17) is 0 Å². The zero-order chi connectivity index (χ0) is 17.9. The van der Waals surface area contributed by atoms with Gasteiger partial charge in [0, 0.05) is 0 Å². The Morgan fingerprint density at radius 3 is 2.08 bits per heavy atom. The summed E-state index contributed by atoms with van der Waals surface area (Å²) in [5.41, 5.74) is 3.97. The number of halogens is 1. The van der Waals surface area contributed by atoms with Gasteiger partial charge in [-0.3, -0.25) is 4.72 Å². The third-order valence-electron chi connectivity index (χ3n) is 4.26. The fourth-order valence-corrected chi connectivity index (χ4v) is 4.63. The Morgan fingerprint density at radius 1 is 1.00 bits per heavy atom. The van der Waals surface area contributed by atoms with Crippen LogP contribution in [0, 0.1) is 13.8 Å². The first-order chi connectivity index (χ1) is 11.3. The molecule has 130 valence electrons. The minimum atomic E-state index is -3.74. The Hall–Kier alpha value is -1.88. The minimum Gasteiger partial charge on any atom is -0.279 e. The van der Waals surface area contributed by atoms with E-state index in [0.29, 0.717) is 34.6 Å². The van der Waals surface area contributed by atoms with Crippen LogP contribution in [-0.4, -0.2) is 8.42 Å². The van der Waals surface area contributed by atoms with Gasteiger partial charge >= 0.3 is 0 Å². The molecule has 0 bridgehead atoms. The van der Waals surface area contributed by atoms with Gasteiger partial charge in [0.1, 0.15) is 6.67 Å². The lowest BCUT2D eigenvalue weighted by Crippen LogP contribution is -2.18. The Labute approximate surface area is 144 Å². The van der Waals surface area contributed by atoms with Crippen LogP contribution in [0.2, 0.25) is 0 Å². The van der Waals surface area contributed by atoms with Crippen LogP contribution in [0.15, 0.2) is 35.2 Å². The number of benzene rings is 2. The SMILES string of the molecule is CCc1cccc(CC)c1S(=O)(=O)Nc1cc(C)cc(CF)c1C. The maximum Gasteiger partial charge on any atom is 0.262 e. The molecule has 0 aliphatic heterocycles. The van der Waals surface area contributed by atoms with Crippen molar-refractivity contribution in [3.8, 4) is 0 Å². The lowest BCUT2D eigenvalue weighted by Gasteiger charge is -2.17. The molecule has 0 aliphatic rings. The van der Waals surface area contributed by atoms with Crippen LogP contribution in [0.4, 0.5) is 10.1 Å². The summed E-state index contributed by atoms with van der Waals surface area (Å²) in [6.45, 7) is 6.82. The van der Waals surface area contributed by atoms with E-state index in [2.05, 4.69) is 4.72 Å². The van der Waals surface area contributed by atoms with E-state index in [9.17, 15) is 12.8 Å². The average molecular weight is 349 g/mol. The highest BCUT2D eigenvalue weighted by atomic mass is 32.2. The van der Waals surface area contributed by atoms with Crippen LogP contribution in [0.5, 0.6) is 0 Å². The Balaban J connectivity index is 2.57. The molecule has 0 atom stereocenters. The third-order valence-corrected chi connectivity index (χ3v) is 5.81. The van der Waals surface area contributed by atoms with Crippen LogP contribution in [-0.2, 0) is 29.5 Å². The average Bonchev–Trinajstić information content (AvgIpc) is 2.56. The van der Waals surface area contributed by atoms with E-state index in [1.54, 1.807) is 19.1 Å². The highest BCUT2D eigenvalue weighted by Gasteiger charge is 2.22. The molecule has 2 aromatic carbocycles. The third kappa shape index (κ3) is 3.61. The van der Waals surface area contributed by atoms with E-state index in [1.807, 2.05) is 39.0 Å². The van der Waals surface area contributed by atoms with Gasteiger partial charge in [0.2, 0.25) is 0 Å². The quantitative estimate of drug-likeness (QED) is 0.822. The van der Waals surface area contributed by atoms with E-state index >= 15 is 0 Å². The molecule has 2 rings (SSSR count). The molecular weight excluding hydrogens is 325 g/mol. The van der Waals surface area contributed by atoms with Crippen molar-refractivity contribution < 1.29 is 12.8 Å². The van der Waals surface area contributed by atoms with Crippen LogP contribution in [0.25, 0.3) is 0 Å². The van der Waals surface area contributed by atoms with Crippen LogP contribution < -0.4 is 4.72 Å². The largest absolute Gasteiger partial charge is 0.279 e. The topological polar surface area (TPSA) is 46.2 Å². The van der Waals surface area contributed by atoms with Crippen molar-refractivity contribution in [3.05, 3.63) is 58.1 Å². The molecule has 0 aliphatic carbocycles. The highest BCUT2D eigenvalue weighted by Crippen LogP contribution is 2.28. The van der Waals surface area contributed by atoms with Crippen LogP contribution >= 0.6 is 0 Å². The number of hydrogen-bond donors (Lipinski definition) is 1. The first-order valence-corrected chi connectivity index (χ1v) is 9.62. The van der Waals surface area contributed by atoms with Gasteiger partial charge in [-0.05, 0) is 60.6 Å².